The van der Waals surface area contributed by atoms with Crippen LogP contribution in [0.25, 0.3) is 0 Å². The zero-order valence-electron chi connectivity index (χ0n) is 13.3. The van der Waals surface area contributed by atoms with Gasteiger partial charge in [-0.25, -0.2) is 0 Å². The van der Waals surface area contributed by atoms with E-state index in [4.69, 9.17) is 10.5 Å². The number of nitrogens with two attached hydrogens (primary N) is 1. The number of hydrogen-bond acceptors (Lipinski definition) is 3. The third kappa shape index (κ3) is 4.34. The predicted molar refractivity (Wildman–Crippen MR) is 88.5 cm³/mol. The van der Waals surface area contributed by atoms with Gasteiger partial charge in [0.2, 0.25) is 5.91 Å². The number of methoxy groups -OCH3 is 1. The van der Waals surface area contributed by atoms with E-state index < -0.39 is 0 Å². The minimum absolute atomic E-state index is 0.165. The molecule has 120 valence electrons. The van der Waals surface area contributed by atoms with Gasteiger partial charge in [0, 0.05) is 25.6 Å². The SMILES string of the molecule is C=CCN(Cc1ccc(OC)cc1)C(=O)C[C@@H]1CCC[C@H]1N. The standard InChI is InChI=1S/C18H26N2O2/c1-3-11-20(13-14-7-9-16(22-2)10-8-14)18(21)12-15-5-4-6-17(15)19/h3,7-10,15,17H,1,4-6,11-13,19H2,2H3/t15-,17+/m0/s1. The summed E-state index contributed by atoms with van der Waals surface area (Å²) >= 11 is 0. The summed E-state index contributed by atoms with van der Waals surface area (Å²) < 4.78 is 5.16. The molecule has 0 radical (unpaired) electrons. The Kier molecular flexibility index (Phi) is 6.01. The normalized spacial score (nSPS) is 20.6. The molecule has 2 atom stereocenters. The highest BCUT2D eigenvalue weighted by Crippen LogP contribution is 2.27. The van der Waals surface area contributed by atoms with Gasteiger partial charge in [-0.05, 0) is 36.5 Å². The zero-order chi connectivity index (χ0) is 15.9. The third-order valence-electron chi connectivity index (χ3n) is 4.39. The fourth-order valence-electron chi connectivity index (χ4n) is 3.03. The summed E-state index contributed by atoms with van der Waals surface area (Å²) in [5.41, 5.74) is 7.17. The molecule has 1 fully saturated rings. The van der Waals surface area contributed by atoms with E-state index in [1.165, 1.54) is 0 Å². The predicted octanol–water partition coefficient (Wildman–Crippen LogP) is 2.73. The Morgan fingerprint density at radius 1 is 1.41 bits per heavy atom. The summed E-state index contributed by atoms with van der Waals surface area (Å²) in [5, 5.41) is 0. The summed E-state index contributed by atoms with van der Waals surface area (Å²) in [4.78, 5) is 14.4. The molecule has 1 amide bonds. The molecule has 1 aromatic carbocycles. The first kappa shape index (κ1) is 16.6. The topological polar surface area (TPSA) is 55.6 Å². The highest BCUT2D eigenvalue weighted by Gasteiger charge is 2.27. The van der Waals surface area contributed by atoms with E-state index in [1.807, 2.05) is 29.2 Å². The number of ether oxygens (including phenoxy) is 1. The number of benzene rings is 1. The number of carbonyl (C=O) groups excluding carboxylic acids is 1. The van der Waals surface area contributed by atoms with Crippen molar-refractivity contribution in [2.75, 3.05) is 13.7 Å². The minimum Gasteiger partial charge on any atom is -0.497 e. The van der Waals surface area contributed by atoms with Crippen molar-refractivity contribution < 1.29 is 9.53 Å². The quantitative estimate of drug-likeness (QED) is 0.788. The van der Waals surface area contributed by atoms with Crippen LogP contribution in [0.5, 0.6) is 5.75 Å². The molecule has 22 heavy (non-hydrogen) atoms. The lowest BCUT2D eigenvalue weighted by atomic mass is 9.99. The average molecular weight is 302 g/mol. The van der Waals surface area contributed by atoms with Gasteiger partial charge in [-0.15, -0.1) is 6.58 Å². The molecule has 1 saturated carbocycles. The third-order valence-corrected chi connectivity index (χ3v) is 4.39. The van der Waals surface area contributed by atoms with E-state index in [0.717, 1.165) is 30.6 Å². The van der Waals surface area contributed by atoms with Crippen LogP contribution >= 0.6 is 0 Å². The van der Waals surface area contributed by atoms with E-state index in [1.54, 1.807) is 13.2 Å². The van der Waals surface area contributed by atoms with Crippen molar-refractivity contribution >= 4 is 5.91 Å². The minimum atomic E-state index is 0.165. The van der Waals surface area contributed by atoms with Gasteiger partial charge in [0.15, 0.2) is 0 Å². The molecule has 2 N–H and O–H groups in total. The van der Waals surface area contributed by atoms with Crippen LogP contribution in [0.2, 0.25) is 0 Å². The lowest BCUT2D eigenvalue weighted by Gasteiger charge is -2.24. The Morgan fingerprint density at radius 3 is 2.68 bits per heavy atom. The van der Waals surface area contributed by atoms with Crippen molar-refractivity contribution in [3.63, 3.8) is 0 Å². The number of rotatable bonds is 7. The molecular formula is C18H26N2O2. The molecular weight excluding hydrogens is 276 g/mol. The molecule has 1 aliphatic carbocycles. The molecule has 4 nitrogen and oxygen atoms in total. The van der Waals surface area contributed by atoms with Crippen LogP contribution in [0.1, 0.15) is 31.2 Å². The summed E-state index contributed by atoms with van der Waals surface area (Å²) in [7, 11) is 1.65. The maximum absolute atomic E-state index is 12.6. The van der Waals surface area contributed by atoms with E-state index in [-0.39, 0.29) is 11.9 Å². The summed E-state index contributed by atoms with van der Waals surface area (Å²) in [6.45, 7) is 4.92. The first-order valence-corrected chi connectivity index (χ1v) is 7.91. The van der Waals surface area contributed by atoms with Gasteiger partial charge in [-0.1, -0.05) is 24.6 Å². The Bertz CT molecular complexity index is 498. The van der Waals surface area contributed by atoms with Gasteiger partial charge in [-0.3, -0.25) is 4.79 Å². The molecule has 0 spiro atoms. The zero-order valence-corrected chi connectivity index (χ0v) is 13.3. The van der Waals surface area contributed by atoms with Gasteiger partial charge < -0.3 is 15.4 Å². The molecule has 0 heterocycles. The van der Waals surface area contributed by atoms with Crippen LogP contribution in [0, 0.1) is 5.92 Å². The molecule has 0 aromatic heterocycles. The number of nitrogens with zero attached hydrogens (tertiary/aromatic N) is 1. The molecule has 1 aromatic rings. The van der Waals surface area contributed by atoms with Crippen LogP contribution < -0.4 is 10.5 Å². The van der Waals surface area contributed by atoms with E-state index in [0.29, 0.717) is 25.4 Å². The highest BCUT2D eigenvalue weighted by molar-refractivity contribution is 5.76. The second-order valence-electron chi connectivity index (χ2n) is 5.97. The van der Waals surface area contributed by atoms with Crippen molar-refractivity contribution in [2.24, 2.45) is 11.7 Å². The summed E-state index contributed by atoms with van der Waals surface area (Å²) in [5.74, 6) is 1.32. The molecule has 2 rings (SSSR count). The molecule has 0 saturated heterocycles. The Morgan fingerprint density at radius 2 is 2.14 bits per heavy atom. The van der Waals surface area contributed by atoms with Crippen molar-refractivity contribution in [2.45, 2.75) is 38.3 Å². The lowest BCUT2D eigenvalue weighted by Crippen LogP contribution is -2.35. The first-order valence-electron chi connectivity index (χ1n) is 7.91. The fourth-order valence-corrected chi connectivity index (χ4v) is 3.03. The van der Waals surface area contributed by atoms with Crippen molar-refractivity contribution in [1.29, 1.82) is 0 Å². The Balaban J connectivity index is 1.98. The molecule has 0 unspecified atom stereocenters. The number of amides is 1. The maximum Gasteiger partial charge on any atom is 0.223 e. The van der Waals surface area contributed by atoms with Gasteiger partial charge in [0.05, 0.1) is 7.11 Å². The van der Waals surface area contributed by atoms with Crippen LogP contribution in [0.15, 0.2) is 36.9 Å². The second-order valence-corrected chi connectivity index (χ2v) is 5.97. The number of hydrogen-bond donors (Lipinski definition) is 1. The first-order chi connectivity index (χ1) is 10.6. The molecule has 0 aliphatic heterocycles. The summed E-state index contributed by atoms with van der Waals surface area (Å²) in [6, 6.07) is 7.99. The Labute approximate surface area is 132 Å². The van der Waals surface area contributed by atoms with Crippen LogP contribution in [-0.2, 0) is 11.3 Å². The van der Waals surface area contributed by atoms with Crippen LogP contribution in [0.3, 0.4) is 0 Å². The van der Waals surface area contributed by atoms with Gasteiger partial charge in [0.1, 0.15) is 5.75 Å². The molecule has 0 bridgehead atoms. The second kappa shape index (κ2) is 7.99. The smallest absolute Gasteiger partial charge is 0.223 e. The van der Waals surface area contributed by atoms with Gasteiger partial charge in [-0.2, -0.15) is 0 Å². The van der Waals surface area contributed by atoms with Crippen LogP contribution in [-0.4, -0.2) is 30.5 Å². The van der Waals surface area contributed by atoms with Crippen molar-refractivity contribution in [3.05, 3.63) is 42.5 Å². The number of carbonyl (C=O) groups is 1. The monoisotopic (exact) mass is 302 g/mol. The van der Waals surface area contributed by atoms with E-state index >= 15 is 0 Å². The average Bonchev–Trinajstić information content (AvgIpc) is 2.92. The maximum atomic E-state index is 12.6. The molecule has 4 heteroatoms. The van der Waals surface area contributed by atoms with Crippen molar-refractivity contribution in [1.82, 2.24) is 4.90 Å². The van der Waals surface area contributed by atoms with E-state index in [2.05, 4.69) is 6.58 Å². The van der Waals surface area contributed by atoms with Crippen molar-refractivity contribution in [3.8, 4) is 5.75 Å². The highest BCUT2D eigenvalue weighted by atomic mass is 16.5. The summed E-state index contributed by atoms with van der Waals surface area (Å²) in [6.07, 6.45) is 5.56. The lowest BCUT2D eigenvalue weighted by molar-refractivity contribution is -0.132. The Hall–Kier alpha value is -1.81. The van der Waals surface area contributed by atoms with E-state index in [9.17, 15) is 4.79 Å². The largest absolute Gasteiger partial charge is 0.497 e. The van der Waals surface area contributed by atoms with Gasteiger partial charge in [0.25, 0.3) is 0 Å². The van der Waals surface area contributed by atoms with Gasteiger partial charge >= 0.3 is 0 Å². The fraction of sp³-hybridized carbons (Fsp3) is 0.500. The molecule has 1 aliphatic rings. The van der Waals surface area contributed by atoms with Crippen LogP contribution in [0.4, 0.5) is 0 Å².